The number of amides is 1. The van der Waals surface area contributed by atoms with Gasteiger partial charge in [-0.3, -0.25) is 13.8 Å². The molecule has 0 aromatic heterocycles. The number of ether oxygens (including phenoxy) is 9. The SMILES string of the molecule is CCCCCC/C=C\CCCCCCCCCC(=O)N[C@H]1[C@H](OC[C@H]2O[C@H](OCCOP(=O)(O)O)[C@H](OCCS(=O)(=O)CCCCCCCCCCC)[C@@H](OCCCCCCCCCCCC)[C@@H]2O)O[C@H](COC)[C@@H](OP(=O)(O)O)[C@@H]1OCC[C@@H](CCCCCCC)OC. The summed E-state index contributed by atoms with van der Waals surface area (Å²) in [6.45, 7) is 6.92. The van der Waals surface area contributed by atoms with E-state index in [1.165, 1.54) is 90.6 Å². The summed E-state index contributed by atoms with van der Waals surface area (Å²) in [5.74, 6) is -0.752. The van der Waals surface area contributed by atoms with Gasteiger partial charge in [0.05, 0.1) is 50.6 Å². The molecule has 2 aliphatic rings. The molecule has 2 aliphatic heterocycles. The number of carbonyl (C=O) groups excluding carboxylic acids is 1. The molecule has 94 heavy (non-hydrogen) atoms. The van der Waals surface area contributed by atoms with E-state index in [4.69, 9.17) is 51.7 Å². The number of phosphoric acid groups is 2. The van der Waals surface area contributed by atoms with Crippen LogP contribution in [0.2, 0.25) is 0 Å². The normalized spacial score (nSPS) is 22.6. The topological polar surface area (TPSA) is 300 Å². The van der Waals surface area contributed by atoms with E-state index >= 15 is 0 Å². The molecule has 2 saturated heterocycles. The molecule has 0 saturated carbocycles. The molecule has 0 radical (unpaired) electrons. The Morgan fingerprint density at radius 1 is 0.479 bits per heavy atom. The third kappa shape index (κ3) is 45.0. The van der Waals surface area contributed by atoms with Crippen molar-refractivity contribution in [2.75, 3.05) is 72.0 Å². The number of hydrogen-bond donors (Lipinski definition) is 6. The first kappa shape index (κ1) is 89.1. The predicted octanol–water partition coefficient (Wildman–Crippen LogP) is 14.4. The van der Waals surface area contributed by atoms with Gasteiger partial charge >= 0.3 is 15.6 Å². The molecule has 0 aliphatic carbocycles. The van der Waals surface area contributed by atoms with Crippen molar-refractivity contribution in [3.63, 3.8) is 0 Å². The van der Waals surface area contributed by atoms with Crippen LogP contribution in [-0.4, -0.2) is 178 Å². The van der Waals surface area contributed by atoms with Crippen molar-refractivity contribution < 1.29 is 98.7 Å². The zero-order valence-corrected chi connectivity index (χ0v) is 61.8. The molecule has 0 aromatic rings. The van der Waals surface area contributed by atoms with Crippen molar-refractivity contribution in [1.29, 1.82) is 0 Å². The molecular weight excluding hydrogens is 1270 g/mol. The number of aliphatic hydroxyl groups excluding tert-OH is 1. The Morgan fingerprint density at radius 2 is 0.968 bits per heavy atom. The van der Waals surface area contributed by atoms with Gasteiger partial charge in [0.25, 0.3) is 0 Å². The number of rotatable bonds is 65. The summed E-state index contributed by atoms with van der Waals surface area (Å²) < 4.78 is 118. The van der Waals surface area contributed by atoms with Gasteiger partial charge in [-0.2, -0.15) is 0 Å². The monoisotopic (exact) mass is 1410 g/mol. The second-order valence-electron chi connectivity index (χ2n) is 26.1. The number of allylic oxidation sites excluding steroid dienone is 2. The van der Waals surface area contributed by atoms with Crippen molar-refractivity contribution in [2.24, 2.45) is 0 Å². The van der Waals surface area contributed by atoms with Gasteiger partial charge in [0.2, 0.25) is 5.91 Å². The Bertz CT molecular complexity index is 2040. The zero-order valence-electron chi connectivity index (χ0n) is 59.2. The number of aliphatic hydroxyl groups is 1. The van der Waals surface area contributed by atoms with Crippen molar-refractivity contribution in [1.82, 2.24) is 5.32 Å². The first-order valence-corrected chi connectivity index (χ1v) is 41.9. The maximum atomic E-state index is 14.2. The van der Waals surface area contributed by atoms with Gasteiger partial charge in [-0.15, -0.1) is 0 Å². The largest absolute Gasteiger partial charge is 0.470 e. The Morgan fingerprint density at radius 3 is 1.51 bits per heavy atom. The van der Waals surface area contributed by atoms with Crippen LogP contribution < -0.4 is 5.32 Å². The van der Waals surface area contributed by atoms with Gasteiger partial charge in [-0.05, 0) is 57.8 Å². The molecule has 22 nitrogen and oxygen atoms in total. The summed E-state index contributed by atoms with van der Waals surface area (Å²) >= 11 is 0. The molecule has 25 heteroatoms. The Kier molecular flexibility index (Phi) is 53.6. The number of phosphoric ester groups is 2. The lowest BCUT2D eigenvalue weighted by Gasteiger charge is -2.47. The summed E-state index contributed by atoms with van der Waals surface area (Å²) in [5.41, 5.74) is 0. The fraction of sp³-hybridized carbons (Fsp3) is 0.957. The molecule has 2 fully saturated rings. The Labute approximate surface area is 569 Å². The highest BCUT2D eigenvalue weighted by Crippen LogP contribution is 2.43. The van der Waals surface area contributed by atoms with Gasteiger partial charge in [0.1, 0.15) is 48.8 Å². The van der Waals surface area contributed by atoms with E-state index < -0.39 is 113 Å². The standard InChI is InChI=1S/C69H135NO21P2S/c1-7-11-15-19-22-25-27-28-29-30-31-32-35-39-43-47-61(71)70-62-65(84-50-48-58(82-6)46-42-38-18-14-10-4)64(91-93(76,77)78)60(56-81-5)90-68(62)87-57-59-63(72)66(83-49-44-40-36-33-26-23-20-16-12-8-2)67(69(89-59)86-51-52-88-92(73,74)75)85-53-55-94(79,80)54-45-41-37-34-24-21-17-13-9-3/h25,27,58-60,62-69,72H,7-24,26,28-57H2,1-6H3,(H,70,71)(H2,73,74,75)(H2,76,77,78)/b27-25-/t58-,59-,60-,62-,63-,64-,65-,66+,67-,68-,69+/m1/s1. The van der Waals surface area contributed by atoms with Crippen LogP contribution in [0.5, 0.6) is 0 Å². The van der Waals surface area contributed by atoms with Gasteiger partial charge in [0.15, 0.2) is 22.4 Å². The summed E-state index contributed by atoms with van der Waals surface area (Å²) in [5, 5.41) is 15.5. The van der Waals surface area contributed by atoms with Crippen molar-refractivity contribution in [3.8, 4) is 0 Å². The molecule has 0 spiro atoms. The van der Waals surface area contributed by atoms with Crippen LogP contribution in [0.3, 0.4) is 0 Å². The van der Waals surface area contributed by atoms with Crippen LogP contribution in [0, 0.1) is 0 Å². The molecule has 0 bridgehead atoms. The second kappa shape index (κ2) is 56.6. The van der Waals surface area contributed by atoms with Crippen LogP contribution in [-0.2, 0) is 75.4 Å². The molecule has 0 unspecified atom stereocenters. The van der Waals surface area contributed by atoms with E-state index in [1.54, 1.807) is 7.11 Å². The van der Waals surface area contributed by atoms with Gasteiger partial charge in [0, 0.05) is 33.9 Å². The summed E-state index contributed by atoms with van der Waals surface area (Å²) in [6.07, 6.45) is 32.6. The highest BCUT2D eigenvalue weighted by atomic mass is 32.2. The number of methoxy groups -OCH3 is 2. The fourth-order valence-electron chi connectivity index (χ4n) is 12.2. The highest BCUT2D eigenvalue weighted by molar-refractivity contribution is 7.91. The van der Waals surface area contributed by atoms with Gasteiger partial charge in [-0.25, -0.2) is 17.5 Å². The van der Waals surface area contributed by atoms with E-state index in [9.17, 15) is 47.0 Å². The third-order valence-corrected chi connectivity index (χ3v) is 20.4. The third-order valence-electron chi connectivity index (χ3n) is 17.7. The second-order valence-corrected chi connectivity index (χ2v) is 30.8. The number of nitrogens with one attached hydrogen (secondary N) is 1. The quantitative estimate of drug-likeness (QED) is 0.0187. The molecule has 2 heterocycles. The Balaban J connectivity index is 2.49. The van der Waals surface area contributed by atoms with Crippen molar-refractivity contribution >= 4 is 31.4 Å². The van der Waals surface area contributed by atoms with E-state index in [1.807, 2.05) is 0 Å². The maximum Gasteiger partial charge on any atom is 0.470 e. The average molecular weight is 1410 g/mol. The predicted molar refractivity (Wildman–Crippen MR) is 369 cm³/mol. The van der Waals surface area contributed by atoms with Crippen LogP contribution in [0.1, 0.15) is 285 Å². The molecule has 6 N–H and O–H groups in total. The lowest BCUT2D eigenvalue weighted by Crippen LogP contribution is -2.67. The van der Waals surface area contributed by atoms with Crippen LogP contribution in [0.15, 0.2) is 12.2 Å². The number of sulfone groups is 1. The fourth-order valence-corrected chi connectivity index (χ4v) is 14.3. The molecule has 1 amide bonds. The van der Waals surface area contributed by atoms with Gasteiger partial charge in [-0.1, -0.05) is 232 Å². The Hall–Kier alpha value is -1.02. The molecule has 558 valence electrons. The first-order valence-electron chi connectivity index (χ1n) is 37.0. The molecular formula is C69H135NO21P2S. The summed E-state index contributed by atoms with van der Waals surface area (Å²) in [7, 11) is -10.8. The van der Waals surface area contributed by atoms with Crippen LogP contribution in [0.25, 0.3) is 0 Å². The molecule has 2 rings (SSSR count). The molecule has 0 aromatic carbocycles. The number of carbonyl (C=O) groups is 1. The number of unbranched alkanes of at least 4 members (excludes halogenated alkanes) is 32. The minimum Gasteiger partial charge on any atom is -0.387 e. The highest BCUT2D eigenvalue weighted by Gasteiger charge is 2.53. The lowest BCUT2D eigenvalue weighted by molar-refractivity contribution is -0.331. The number of hydrogen-bond acceptors (Lipinski definition) is 17. The van der Waals surface area contributed by atoms with E-state index in [0.29, 0.717) is 25.7 Å². The summed E-state index contributed by atoms with van der Waals surface area (Å²) in [6, 6.07) is -1.27. The van der Waals surface area contributed by atoms with E-state index in [-0.39, 0.29) is 50.5 Å². The minimum absolute atomic E-state index is 0.0213. The zero-order chi connectivity index (χ0) is 69.0. The summed E-state index contributed by atoms with van der Waals surface area (Å²) in [4.78, 5) is 54.0. The van der Waals surface area contributed by atoms with Crippen LogP contribution >= 0.6 is 15.6 Å². The minimum atomic E-state index is -5.26. The average Bonchev–Trinajstić information content (AvgIpc) is 0.797. The van der Waals surface area contributed by atoms with Crippen LogP contribution in [0.4, 0.5) is 0 Å². The maximum absolute atomic E-state index is 14.2. The van der Waals surface area contributed by atoms with E-state index in [0.717, 1.165) is 141 Å². The van der Waals surface area contributed by atoms with Crippen molar-refractivity contribution in [3.05, 3.63) is 12.2 Å². The lowest BCUT2D eigenvalue weighted by atomic mass is 9.95. The molecule has 11 atom stereocenters. The van der Waals surface area contributed by atoms with Crippen molar-refractivity contribution in [2.45, 2.75) is 352 Å². The first-order chi connectivity index (χ1) is 45.3. The van der Waals surface area contributed by atoms with E-state index in [2.05, 4.69) is 45.2 Å². The smallest absolute Gasteiger partial charge is 0.387 e. The van der Waals surface area contributed by atoms with Gasteiger partial charge < -0.3 is 72.6 Å².